The van der Waals surface area contributed by atoms with Crippen molar-refractivity contribution in [3.63, 3.8) is 0 Å². The fraction of sp³-hybridized carbons (Fsp3) is 0.571. The van der Waals surface area contributed by atoms with Crippen molar-refractivity contribution in [2.75, 3.05) is 26.7 Å². The first-order valence-electron chi connectivity index (χ1n) is 6.13. The largest absolute Gasteiger partial charge is 0.395 e. The van der Waals surface area contributed by atoms with Crippen molar-refractivity contribution in [2.45, 2.75) is 26.2 Å². The summed E-state index contributed by atoms with van der Waals surface area (Å²) < 4.78 is 0. The maximum absolute atomic E-state index is 8.79. The van der Waals surface area contributed by atoms with Crippen LogP contribution in [0.2, 0.25) is 0 Å². The number of hydrogen-bond donors (Lipinski definition) is 1. The molecule has 0 aliphatic rings. The molecule has 0 heterocycles. The number of rotatable bonds is 7. The quantitative estimate of drug-likeness (QED) is 0.762. The highest BCUT2D eigenvalue weighted by Crippen LogP contribution is 2.07. The Morgan fingerprint density at radius 1 is 1.00 bits per heavy atom. The van der Waals surface area contributed by atoms with Gasteiger partial charge in [-0.15, -0.1) is 0 Å². The maximum atomic E-state index is 8.79. The van der Waals surface area contributed by atoms with E-state index in [0.717, 1.165) is 19.5 Å². The van der Waals surface area contributed by atoms with Gasteiger partial charge in [0.15, 0.2) is 0 Å². The summed E-state index contributed by atoms with van der Waals surface area (Å²) in [4.78, 5) is 2.15. The van der Waals surface area contributed by atoms with Crippen LogP contribution in [0.5, 0.6) is 0 Å². The molecule has 0 atom stereocenters. The molecular formula is C14H23NO. The smallest absolute Gasteiger partial charge is 0.0558 e. The van der Waals surface area contributed by atoms with Gasteiger partial charge < -0.3 is 10.0 Å². The van der Waals surface area contributed by atoms with Crippen LogP contribution in [-0.4, -0.2) is 36.8 Å². The van der Waals surface area contributed by atoms with Gasteiger partial charge in [-0.2, -0.15) is 0 Å². The van der Waals surface area contributed by atoms with Crippen LogP contribution in [0.15, 0.2) is 24.3 Å². The van der Waals surface area contributed by atoms with Gasteiger partial charge >= 0.3 is 0 Å². The molecule has 90 valence electrons. The summed E-state index contributed by atoms with van der Waals surface area (Å²) in [5.41, 5.74) is 2.81. The average Bonchev–Trinajstić information content (AvgIpc) is 2.29. The van der Waals surface area contributed by atoms with Crippen LogP contribution >= 0.6 is 0 Å². The Bertz CT molecular complexity index is 281. The zero-order valence-corrected chi connectivity index (χ0v) is 10.4. The van der Waals surface area contributed by atoms with E-state index in [1.807, 2.05) is 7.05 Å². The molecule has 1 aromatic carbocycles. The Balaban J connectivity index is 2.37. The van der Waals surface area contributed by atoms with Gasteiger partial charge in [-0.25, -0.2) is 0 Å². The SMILES string of the molecule is CCCc1ccc(CCN(C)CCO)cc1. The molecule has 0 saturated carbocycles. The summed E-state index contributed by atoms with van der Waals surface area (Å²) in [7, 11) is 2.04. The van der Waals surface area contributed by atoms with E-state index >= 15 is 0 Å². The Kier molecular flexibility index (Phi) is 6.12. The van der Waals surface area contributed by atoms with E-state index in [-0.39, 0.29) is 6.61 Å². The number of aryl methyl sites for hydroxylation is 1. The van der Waals surface area contributed by atoms with E-state index < -0.39 is 0 Å². The third kappa shape index (κ3) is 4.77. The Labute approximate surface area is 98.9 Å². The first kappa shape index (κ1) is 13.2. The number of nitrogens with zero attached hydrogens (tertiary/aromatic N) is 1. The molecule has 0 bridgehead atoms. The summed E-state index contributed by atoms with van der Waals surface area (Å²) >= 11 is 0. The Hall–Kier alpha value is -0.860. The lowest BCUT2D eigenvalue weighted by atomic mass is 10.1. The molecular weight excluding hydrogens is 198 g/mol. The summed E-state index contributed by atoms with van der Waals surface area (Å²) in [6.45, 7) is 4.21. The van der Waals surface area contributed by atoms with Crippen molar-refractivity contribution in [3.05, 3.63) is 35.4 Å². The van der Waals surface area contributed by atoms with Gasteiger partial charge in [0, 0.05) is 13.1 Å². The minimum absolute atomic E-state index is 0.242. The van der Waals surface area contributed by atoms with E-state index in [4.69, 9.17) is 5.11 Å². The van der Waals surface area contributed by atoms with Gasteiger partial charge in [0.1, 0.15) is 0 Å². The standard InChI is InChI=1S/C14H23NO/c1-3-4-13-5-7-14(8-6-13)9-10-15(2)11-12-16/h5-8,16H,3-4,9-12H2,1-2H3. The van der Waals surface area contributed by atoms with Crippen LogP contribution in [0.3, 0.4) is 0 Å². The van der Waals surface area contributed by atoms with Gasteiger partial charge in [-0.1, -0.05) is 37.6 Å². The van der Waals surface area contributed by atoms with E-state index in [9.17, 15) is 0 Å². The van der Waals surface area contributed by atoms with E-state index in [1.165, 1.54) is 24.0 Å². The number of benzene rings is 1. The summed E-state index contributed by atoms with van der Waals surface area (Å²) in [6, 6.07) is 8.89. The highest BCUT2D eigenvalue weighted by molar-refractivity contribution is 5.22. The van der Waals surface area contributed by atoms with Crippen molar-refractivity contribution in [1.29, 1.82) is 0 Å². The number of aliphatic hydroxyl groups is 1. The molecule has 0 radical (unpaired) electrons. The lowest BCUT2D eigenvalue weighted by Gasteiger charge is -2.14. The molecule has 2 heteroatoms. The van der Waals surface area contributed by atoms with Crippen LogP contribution in [0.4, 0.5) is 0 Å². The lowest BCUT2D eigenvalue weighted by Crippen LogP contribution is -2.24. The molecule has 1 N–H and O–H groups in total. The van der Waals surface area contributed by atoms with Gasteiger partial charge in [0.25, 0.3) is 0 Å². The fourth-order valence-corrected chi connectivity index (χ4v) is 1.76. The zero-order valence-electron chi connectivity index (χ0n) is 10.4. The second-order valence-corrected chi connectivity index (χ2v) is 4.34. The van der Waals surface area contributed by atoms with Crippen LogP contribution in [0.1, 0.15) is 24.5 Å². The molecule has 1 rings (SSSR count). The molecule has 0 aromatic heterocycles. The predicted octanol–water partition coefficient (Wildman–Crippen LogP) is 2.11. The lowest BCUT2D eigenvalue weighted by molar-refractivity contribution is 0.223. The maximum Gasteiger partial charge on any atom is 0.0558 e. The fourth-order valence-electron chi connectivity index (χ4n) is 1.76. The topological polar surface area (TPSA) is 23.5 Å². The van der Waals surface area contributed by atoms with Crippen molar-refractivity contribution in [1.82, 2.24) is 4.90 Å². The van der Waals surface area contributed by atoms with Gasteiger partial charge in [-0.3, -0.25) is 0 Å². The van der Waals surface area contributed by atoms with E-state index in [1.54, 1.807) is 0 Å². The van der Waals surface area contributed by atoms with Crippen molar-refractivity contribution < 1.29 is 5.11 Å². The summed E-state index contributed by atoms with van der Waals surface area (Å²) in [6.07, 6.45) is 3.44. The van der Waals surface area contributed by atoms with Crippen LogP contribution < -0.4 is 0 Å². The number of hydrogen-bond acceptors (Lipinski definition) is 2. The molecule has 0 fully saturated rings. The third-order valence-corrected chi connectivity index (χ3v) is 2.83. The van der Waals surface area contributed by atoms with Crippen molar-refractivity contribution in [2.24, 2.45) is 0 Å². The van der Waals surface area contributed by atoms with Crippen LogP contribution in [-0.2, 0) is 12.8 Å². The molecule has 2 nitrogen and oxygen atoms in total. The van der Waals surface area contributed by atoms with Crippen molar-refractivity contribution >= 4 is 0 Å². The molecule has 0 saturated heterocycles. The van der Waals surface area contributed by atoms with Gasteiger partial charge in [-0.05, 0) is 31.0 Å². The van der Waals surface area contributed by atoms with Gasteiger partial charge in [0.2, 0.25) is 0 Å². The molecule has 0 amide bonds. The first-order valence-corrected chi connectivity index (χ1v) is 6.13. The second-order valence-electron chi connectivity index (χ2n) is 4.34. The number of aliphatic hydroxyl groups excluding tert-OH is 1. The zero-order chi connectivity index (χ0) is 11.8. The highest BCUT2D eigenvalue weighted by atomic mass is 16.3. The average molecular weight is 221 g/mol. The molecule has 0 spiro atoms. The summed E-state index contributed by atoms with van der Waals surface area (Å²) in [5, 5.41) is 8.79. The normalized spacial score (nSPS) is 11.0. The number of likely N-dealkylation sites (N-methyl/N-ethyl adjacent to an activating group) is 1. The minimum atomic E-state index is 0.242. The molecule has 16 heavy (non-hydrogen) atoms. The van der Waals surface area contributed by atoms with Crippen LogP contribution in [0, 0.1) is 0 Å². The Morgan fingerprint density at radius 3 is 2.06 bits per heavy atom. The molecule has 1 aromatic rings. The minimum Gasteiger partial charge on any atom is -0.395 e. The van der Waals surface area contributed by atoms with Gasteiger partial charge in [0.05, 0.1) is 6.61 Å². The van der Waals surface area contributed by atoms with Crippen molar-refractivity contribution in [3.8, 4) is 0 Å². The molecule has 0 unspecified atom stereocenters. The highest BCUT2D eigenvalue weighted by Gasteiger charge is 1.98. The molecule has 0 aliphatic heterocycles. The van der Waals surface area contributed by atoms with Crippen LogP contribution in [0.25, 0.3) is 0 Å². The van der Waals surface area contributed by atoms with E-state index in [2.05, 4.69) is 36.1 Å². The third-order valence-electron chi connectivity index (χ3n) is 2.83. The predicted molar refractivity (Wildman–Crippen MR) is 68.7 cm³/mol. The monoisotopic (exact) mass is 221 g/mol. The first-order chi connectivity index (χ1) is 7.76. The molecule has 0 aliphatic carbocycles. The summed E-state index contributed by atoms with van der Waals surface area (Å²) in [5.74, 6) is 0. The Morgan fingerprint density at radius 2 is 1.56 bits per heavy atom. The second kappa shape index (κ2) is 7.42. The van der Waals surface area contributed by atoms with E-state index in [0.29, 0.717) is 0 Å².